The van der Waals surface area contributed by atoms with E-state index in [2.05, 4.69) is 15.8 Å². The van der Waals surface area contributed by atoms with E-state index in [1.54, 1.807) is 0 Å². The molecule has 0 saturated heterocycles. The summed E-state index contributed by atoms with van der Waals surface area (Å²) in [7, 11) is 0. The molecule has 1 aromatic carbocycles. The number of benzene rings is 1. The van der Waals surface area contributed by atoms with Crippen LogP contribution in [0.25, 0.3) is 0 Å². The van der Waals surface area contributed by atoms with Crippen LogP contribution in [0.2, 0.25) is 0 Å². The number of amides is 2. The molecule has 5 nitrogen and oxygen atoms in total. The number of anilines is 1. The van der Waals surface area contributed by atoms with Crippen molar-refractivity contribution in [1.29, 1.82) is 0 Å². The van der Waals surface area contributed by atoms with Crippen LogP contribution >= 0.6 is 0 Å². The van der Waals surface area contributed by atoms with E-state index in [0.717, 1.165) is 41.8 Å². The van der Waals surface area contributed by atoms with Gasteiger partial charge in [-0.1, -0.05) is 12.5 Å². The normalized spacial score (nSPS) is 27.5. The summed E-state index contributed by atoms with van der Waals surface area (Å²) >= 11 is 0. The zero-order valence-electron chi connectivity index (χ0n) is 11.0. The quantitative estimate of drug-likeness (QED) is 0.809. The van der Waals surface area contributed by atoms with E-state index in [4.69, 9.17) is 0 Å². The number of hydrogen-bond donors (Lipinski definition) is 2. The predicted octanol–water partition coefficient (Wildman–Crippen LogP) is 1.43. The second kappa shape index (κ2) is 4.16. The second-order valence-electron chi connectivity index (χ2n) is 5.71. The molecule has 2 atom stereocenters. The fraction of sp³-hybridized carbons (Fsp3) is 0.400. The molecule has 1 aliphatic carbocycles. The molecule has 1 aromatic rings. The van der Waals surface area contributed by atoms with E-state index >= 15 is 0 Å². The first-order valence-electron chi connectivity index (χ1n) is 7.03. The molecule has 1 saturated carbocycles. The molecule has 2 unspecified atom stereocenters. The van der Waals surface area contributed by atoms with E-state index in [1.165, 1.54) is 0 Å². The third-order valence-electron chi connectivity index (χ3n) is 4.52. The minimum Gasteiger partial charge on any atom is -0.326 e. The first kappa shape index (κ1) is 11.6. The Morgan fingerprint density at radius 1 is 1.15 bits per heavy atom. The minimum absolute atomic E-state index is 0.0368. The number of nitrogens with zero attached hydrogens (tertiary/aromatic N) is 1. The van der Waals surface area contributed by atoms with E-state index in [0.29, 0.717) is 6.42 Å². The van der Waals surface area contributed by atoms with Gasteiger partial charge in [0.2, 0.25) is 11.8 Å². The van der Waals surface area contributed by atoms with Crippen molar-refractivity contribution in [3.8, 4) is 0 Å². The lowest BCUT2D eigenvalue weighted by atomic mass is 9.85. The van der Waals surface area contributed by atoms with Crippen LogP contribution in [0.15, 0.2) is 23.3 Å². The summed E-state index contributed by atoms with van der Waals surface area (Å²) in [6.45, 7) is 0. The first-order valence-corrected chi connectivity index (χ1v) is 7.03. The van der Waals surface area contributed by atoms with E-state index in [9.17, 15) is 9.59 Å². The molecule has 4 rings (SSSR count). The third-order valence-corrected chi connectivity index (χ3v) is 4.52. The van der Waals surface area contributed by atoms with Gasteiger partial charge >= 0.3 is 0 Å². The Hall–Kier alpha value is -2.17. The maximum atomic E-state index is 11.8. The van der Waals surface area contributed by atoms with Crippen LogP contribution < -0.4 is 10.7 Å². The van der Waals surface area contributed by atoms with Gasteiger partial charge in [0.05, 0.1) is 12.1 Å². The smallest absolute Gasteiger partial charge is 0.243 e. The summed E-state index contributed by atoms with van der Waals surface area (Å²) in [4.78, 5) is 23.2. The van der Waals surface area contributed by atoms with Crippen LogP contribution in [0, 0.1) is 11.8 Å². The first-order chi connectivity index (χ1) is 9.72. The van der Waals surface area contributed by atoms with Crippen molar-refractivity contribution >= 4 is 23.2 Å². The lowest BCUT2D eigenvalue weighted by molar-refractivity contribution is -0.126. The lowest BCUT2D eigenvalue weighted by Crippen LogP contribution is -2.39. The highest BCUT2D eigenvalue weighted by molar-refractivity contribution is 6.08. The molecule has 2 heterocycles. The van der Waals surface area contributed by atoms with Crippen molar-refractivity contribution in [2.75, 3.05) is 5.32 Å². The summed E-state index contributed by atoms with van der Waals surface area (Å²) in [5.41, 5.74) is 6.54. The van der Waals surface area contributed by atoms with Gasteiger partial charge in [-0.15, -0.1) is 0 Å². The standard InChI is InChI=1S/C15H15N3O2/c19-13-7-9-6-8(4-5-12(9)16-13)14-10-2-1-3-11(10)15(20)18-17-14/h4-6,10-11H,1-3,7H2,(H,16,19)(H,18,20). The Balaban J connectivity index is 1.73. The van der Waals surface area contributed by atoms with Gasteiger partial charge in [-0.2, -0.15) is 5.10 Å². The predicted molar refractivity (Wildman–Crippen MR) is 74.3 cm³/mol. The van der Waals surface area contributed by atoms with Gasteiger partial charge in [0.15, 0.2) is 0 Å². The molecular formula is C15H15N3O2. The van der Waals surface area contributed by atoms with Crippen LogP contribution in [0.1, 0.15) is 30.4 Å². The summed E-state index contributed by atoms with van der Waals surface area (Å²) in [6.07, 6.45) is 3.47. The largest absolute Gasteiger partial charge is 0.326 e. The van der Waals surface area contributed by atoms with E-state index in [-0.39, 0.29) is 23.7 Å². The summed E-state index contributed by atoms with van der Waals surface area (Å²) in [6, 6.07) is 5.94. The number of carbonyl (C=O) groups is 2. The Morgan fingerprint density at radius 2 is 2.00 bits per heavy atom. The SMILES string of the molecule is O=C1Cc2cc(C3=NNC(=O)C4CCCC34)ccc2N1. The molecule has 2 aliphatic heterocycles. The van der Waals surface area contributed by atoms with Gasteiger partial charge in [0.25, 0.3) is 0 Å². The Morgan fingerprint density at radius 3 is 2.90 bits per heavy atom. The fourth-order valence-electron chi connectivity index (χ4n) is 3.55. The molecule has 5 heteroatoms. The Labute approximate surface area is 116 Å². The zero-order valence-corrected chi connectivity index (χ0v) is 11.0. The van der Waals surface area contributed by atoms with Crippen LogP contribution in [0.4, 0.5) is 5.69 Å². The summed E-state index contributed by atoms with van der Waals surface area (Å²) < 4.78 is 0. The van der Waals surface area contributed by atoms with Crippen LogP contribution in [0.3, 0.4) is 0 Å². The van der Waals surface area contributed by atoms with Crippen molar-refractivity contribution in [3.05, 3.63) is 29.3 Å². The second-order valence-corrected chi connectivity index (χ2v) is 5.71. The van der Waals surface area contributed by atoms with Gasteiger partial charge in [0, 0.05) is 17.5 Å². The molecule has 102 valence electrons. The highest BCUT2D eigenvalue weighted by Gasteiger charge is 2.39. The summed E-state index contributed by atoms with van der Waals surface area (Å²) in [5, 5.41) is 7.11. The lowest BCUT2D eigenvalue weighted by Gasteiger charge is -2.25. The average molecular weight is 269 g/mol. The fourth-order valence-corrected chi connectivity index (χ4v) is 3.55. The van der Waals surface area contributed by atoms with Gasteiger partial charge in [0.1, 0.15) is 0 Å². The summed E-state index contributed by atoms with van der Waals surface area (Å²) in [5.74, 6) is 0.381. The van der Waals surface area contributed by atoms with Crippen LogP contribution in [-0.4, -0.2) is 17.5 Å². The van der Waals surface area contributed by atoms with Crippen molar-refractivity contribution in [1.82, 2.24) is 5.43 Å². The molecule has 1 fully saturated rings. The van der Waals surface area contributed by atoms with Gasteiger partial charge in [-0.05, 0) is 36.1 Å². The number of fused-ring (bicyclic) bond motifs is 2. The highest BCUT2D eigenvalue weighted by Crippen LogP contribution is 2.37. The molecule has 20 heavy (non-hydrogen) atoms. The average Bonchev–Trinajstić information content (AvgIpc) is 3.04. The van der Waals surface area contributed by atoms with Gasteiger partial charge in [-0.25, -0.2) is 5.43 Å². The number of hydrazone groups is 1. The molecule has 0 aromatic heterocycles. The van der Waals surface area contributed by atoms with Crippen molar-refractivity contribution in [3.63, 3.8) is 0 Å². The molecule has 3 aliphatic rings. The van der Waals surface area contributed by atoms with E-state index in [1.807, 2.05) is 18.2 Å². The maximum Gasteiger partial charge on any atom is 0.243 e. The highest BCUT2D eigenvalue weighted by atomic mass is 16.2. The van der Waals surface area contributed by atoms with Crippen molar-refractivity contribution in [2.45, 2.75) is 25.7 Å². The van der Waals surface area contributed by atoms with Crippen molar-refractivity contribution in [2.24, 2.45) is 16.9 Å². The van der Waals surface area contributed by atoms with Gasteiger partial charge < -0.3 is 5.32 Å². The third kappa shape index (κ3) is 1.66. The molecule has 0 bridgehead atoms. The monoisotopic (exact) mass is 269 g/mol. The number of nitrogens with one attached hydrogen (secondary N) is 2. The van der Waals surface area contributed by atoms with Crippen LogP contribution in [0.5, 0.6) is 0 Å². The topological polar surface area (TPSA) is 70.6 Å². The number of carbonyl (C=O) groups excluding carboxylic acids is 2. The minimum atomic E-state index is 0.0368. The van der Waals surface area contributed by atoms with Crippen molar-refractivity contribution < 1.29 is 9.59 Å². The van der Waals surface area contributed by atoms with Gasteiger partial charge in [-0.3, -0.25) is 9.59 Å². The Bertz CT molecular complexity index is 651. The number of hydrogen-bond acceptors (Lipinski definition) is 3. The molecule has 2 N–H and O–H groups in total. The van der Waals surface area contributed by atoms with Crippen LogP contribution in [-0.2, 0) is 16.0 Å². The Kier molecular flexibility index (Phi) is 2.42. The molecule has 0 radical (unpaired) electrons. The molecular weight excluding hydrogens is 254 g/mol. The number of rotatable bonds is 1. The maximum absolute atomic E-state index is 11.8. The molecule has 2 amide bonds. The zero-order chi connectivity index (χ0) is 13.7. The van der Waals surface area contributed by atoms with E-state index < -0.39 is 0 Å². The molecule has 0 spiro atoms.